The number of allylic oxidation sites excluding steroid dienone is 3. The molecule has 0 saturated carbocycles. The van der Waals surface area contributed by atoms with E-state index in [1.165, 1.54) is 0 Å². The molecule has 2 aromatic rings. The molecule has 1 amide bonds. The maximum Gasteiger partial charge on any atom is 0.250 e. The largest absolute Gasteiger partial charge is 0.381 e. The summed E-state index contributed by atoms with van der Waals surface area (Å²) < 4.78 is 11.7. The SMILES string of the molecule is Cc1cnc(NC2CCOCC2)nc1C1=CCC2(C)CN(CCOC(C)(C)c3ccccc3)C(=O)C2=C1. The zero-order valence-corrected chi connectivity index (χ0v) is 22.4. The number of nitrogens with one attached hydrogen (secondary N) is 1. The van der Waals surface area contributed by atoms with Crippen molar-refractivity contribution in [2.45, 2.75) is 58.6 Å². The quantitative estimate of drug-likeness (QED) is 0.554. The van der Waals surface area contributed by atoms with Crippen LogP contribution in [0, 0.1) is 12.3 Å². The molecular weight excluding hydrogens is 464 g/mol. The lowest BCUT2D eigenvalue weighted by Gasteiger charge is -2.28. The van der Waals surface area contributed by atoms with Gasteiger partial charge in [0, 0.05) is 49.5 Å². The van der Waals surface area contributed by atoms with Crippen molar-refractivity contribution in [1.29, 1.82) is 0 Å². The number of hydrogen-bond donors (Lipinski definition) is 1. The lowest BCUT2D eigenvalue weighted by Crippen LogP contribution is -2.33. The zero-order valence-electron chi connectivity index (χ0n) is 22.4. The van der Waals surface area contributed by atoms with E-state index in [2.05, 4.69) is 49.3 Å². The van der Waals surface area contributed by atoms with Crippen molar-refractivity contribution < 1.29 is 14.3 Å². The molecule has 7 nitrogen and oxygen atoms in total. The Morgan fingerprint density at radius 1 is 1.22 bits per heavy atom. The van der Waals surface area contributed by atoms with E-state index in [-0.39, 0.29) is 11.3 Å². The molecule has 7 heteroatoms. The van der Waals surface area contributed by atoms with Crippen LogP contribution in [0.3, 0.4) is 0 Å². The van der Waals surface area contributed by atoms with Gasteiger partial charge in [0.1, 0.15) is 0 Å². The molecule has 5 rings (SSSR count). The lowest BCUT2D eigenvalue weighted by atomic mass is 9.76. The first-order chi connectivity index (χ1) is 17.7. The van der Waals surface area contributed by atoms with Gasteiger partial charge < -0.3 is 19.7 Å². The average molecular weight is 503 g/mol. The summed E-state index contributed by atoms with van der Waals surface area (Å²) in [7, 11) is 0. The Labute approximate surface area is 220 Å². The van der Waals surface area contributed by atoms with Crippen LogP contribution in [0.5, 0.6) is 0 Å². The van der Waals surface area contributed by atoms with Gasteiger partial charge in [-0.25, -0.2) is 9.97 Å². The summed E-state index contributed by atoms with van der Waals surface area (Å²) in [5, 5.41) is 3.47. The van der Waals surface area contributed by atoms with E-state index < -0.39 is 5.60 Å². The second kappa shape index (κ2) is 10.4. The van der Waals surface area contributed by atoms with E-state index in [1.807, 2.05) is 42.3 Å². The third kappa shape index (κ3) is 5.48. The minimum Gasteiger partial charge on any atom is -0.381 e. The van der Waals surface area contributed by atoms with E-state index in [1.54, 1.807) is 0 Å². The van der Waals surface area contributed by atoms with Gasteiger partial charge in [-0.2, -0.15) is 0 Å². The number of anilines is 1. The van der Waals surface area contributed by atoms with Crippen molar-refractivity contribution >= 4 is 17.4 Å². The van der Waals surface area contributed by atoms with E-state index in [0.29, 0.717) is 31.7 Å². The van der Waals surface area contributed by atoms with Crippen molar-refractivity contribution in [3.63, 3.8) is 0 Å². The molecule has 1 N–H and O–H groups in total. The molecule has 1 aromatic heterocycles. The van der Waals surface area contributed by atoms with Gasteiger partial charge in [-0.3, -0.25) is 4.79 Å². The summed E-state index contributed by atoms with van der Waals surface area (Å²) in [6, 6.07) is 10.5. The number of benzene rings is 1. The molecule has 0 radical (unpaired) electrons. The molecule has 2 saturated heterocycles. The second-order valence-electron chi connectivity index (χ2n) is 11.2. The number of carbonyl (C=O) groups excluding carboxylic acids is 1. The molecule has 0 spiro atoms. The first-order valence-corrected chi connectivity index (χ1v) is 13.3. The van der Waals surface area contributed by atoms with Gasteiger partial charge in [0.2, 0.25) is 5.95 Å². The van der Waals surface area contributed by atoms with Crippen molar-refractivity contribution in [2.75, 3.05) is 38.2 Å². The minimum atomic E-state index is -0.407. The van der Waals surface area contributed by atoms with Gasteiger partial charge in [-0.1, -0.05) is 43.3 Å². The van der Waals surface area contributed by atoms with Crippen LogP contribution in [0.2, 0.25) is 0 Å². The standard InChI is InChI=1S/C30H38N4O3/c1-21-19-31-28(32-24-11-15-36-16-12-24)33-26(21)22-10-13-30(4)20-34(27(35)25(30)18-22)14-17-37-29(2,3)23-8-6-5-7-9-23/h5-10,18-19,24H,11-17,20H2,1-4H3,(H,31,32,33). The number of carbonyl (C=O) groups is 1. The first-order valence-electron chi connectivity index (χ1n) is 13.3. The number of likely N-dealkylation sites (tertiary alicyclic amines) is 1. The third-order valence-corrected chi connectivity index (χ3v) is 7.87. The monoisotopic (exact) mass is 502 g/mol. The molecule has 1 aliphatic carbocycles. The molecule has 2 fully saturated rings. The summed E-state index contributed by atoms with van der Waals surface area (Å²) in [5.41, 5.74) is 4.28. The molecule has 37 heavy (non-hydrogen) atoms. The topological polar surface area (TPSA) is 76.6 Å². The Morgan fingerprint density at radius 3 is 2.73 bits per heavy atom. The highest BCUT2D eigenvalue weighted by Gasteiger charge is 2.45. The normalized spacial score (nSPS) is 22.5. The van der Waals surface area contributed by atoms with Crippen molar-refractivity contribution in [1.82, 2.24) is 14.9 Å². The van der Waals surface area contributed by atoms with Crippen LogP contribution < -0.4 is 5.32 Å². The van der Waals surface area contributed by atoms with Gasteiger partial charge in [0.15, 0.2) is 0 Å². The average Bonchev–Trinajstić information content (AvgIpc) is 3.15. The Bertz CT molecular complexity index is 1200. The highest BCUT2D eigenvalue weighted by atomic mass is 16.5. The molecule has 3 aliphatic rings. The number of aryl methyl sites for hydroxylation is 1. The lowest BCUT2D eigenvalue weighted by molar-refractivity contribution is -0.126. The highest BCUT2D eigenvalue weighted by Crippen LogP contribution is 2.44. The Morgan fingerprint density at radius 2 is 1.97 bits per heavy atom. The summed E-state index contributed by atoms with van der Waals surface area (Å²) in [4.78, 5) is 24.8. The third-order valence-electron chi connectivity index (χ3n) is 7.87. The maximum absolute atomic E-state index is 13.5. The van der Waals surface area contributed by atoms with Gasteiger partial charge in [0.25, 0.3) is 5.91 Å². The van der Waals surface area contributed by atoms with E-state index in [4.69, 9.17) is 14.5 Å². The summed E-state index contributed by atoms with van der Waals surface area (Å²) in [5.74, 6) is 0.735. The summed E-state index contributed by atoms with van der Waals surface area (Å²) >= 11 is 0. The van der Waals surface area contributed by atoms with Crippen molar-refractivity contribution in [3.05, 3.63) is 71.1 Å². The van der Waals surface area contributed by atoms with Crippen molar-refractivity contribution in [2.24, 2.45) is 5.41 Å². The summed E-state index contributed by atoms with van der Waals surface area (Å²) in [6.45, 7) is 11.6. The fourth-order valence-corrected chi connectivity index (χ4v) is 5.47. The first kappa shape index (κ1) is 25.6. The van der Waals surface area contributed by atoms with Crippen LogP contribution in [0.4, 0.5) is 5.95 Å². The van der Waals surface area contributed by atoms with Crippen LogP contribution in [-0.4, -0.2) is 59.7 Å². The molecule has 2 aliphatic heterocycles. The highest BCUT2D eigenvalue weighted by molar-refractivity contribution is 6.01. The van der Waals surface area contributed by atoms with Gasteiger partial charge in [0.05, 0.1) is 17.9 Å². The van der Waals surface area contributed by atoms with Crippen LogP contribution in [0.1, 0.15) is 56.9 Å². The molecule has 1 unspecified atom stereocenters. The molecule has 196 valence electrons. The number of hydrogen-bond acceptors (Lipinski definition) is 6. The van der Waals surface area contributed by atoms with Crippen LogP contribution >= 0.6 is 0 Å². The van der Waals surface area contributed by atoms with Gasteiger partial charge >= 0.3 is 0 Å². The zero-order chi connectivity index (χ0) is 26.0. The van der Waals surface area contributed by atoms with Crippen LogP contribution in [0.15, 0.2) is 54.3 Å². The molecule has 1 atom stereocenters. The number of rotatable bonds is 8. The van der Waals surface area contributed by atoms with Crippen LogP contribution in [0.25, 0.3) is 5.57 Å². The number of nitrogens with zero attached hydrogens (tertiary/aromatic N) is 3. The Kier molecular flexibility index (Phi) is 7.19. The molecule has 1 aromatic carbocycles. The van der Waals surface area contributed by atoms with E-state index >= 15 is 0 Å². The molecule has 0 bridgehead atoms. The number of ether oxygens (including phenoxy) is 2. The van der Waals surface area contributed by atoms with E-state index in [0.717, 1.165) is 60.4 Å². The predicted octanol–water partition coefficient (Wildman–Crippen LogP) is 4.89. The number of fused-ring (bicyclic) bond motifs is 1. The summed E-state index contributed by atoms with van der Waals surface area (Å²) in [6.07, 6.45) is 8.85. The second-order valence-corrected chi connectivity index (χ2v) is 11.2. The van der Waals surface area contributed by atoms with Crippen molar-refractivity contribution in [3.8, 4) is 0 Å². The Hall–Kier alpha value is -3.03. The van der Waals surface area contributed by atoms with Crippen LogP contribution in [-0.2, 0) is 19.9 Å². The molecular formula is C30H38N4O3. The fraction of sp³-hybridized carbons (Fsp3) is 0.500. The molecule has 3 heterocycles. The van der Waals surface area contributed by atoms with E-state index in [9.17, 15) is 4.79 Å². The maximum atomic E-state index is 13.5. The minimum absolute atomic E-state index is 0.0986. The number of aromatic nitrogens is 2. The van der Waals surface area contributed by atoms with Gasteiger partial charge in [-0.05, 0) is 62.8 Å². The smallest absolute Gasteiger partial charge is 0.250 e. The Balaban J connectivity index is 1.27. The number of amides is 1. The predicted molar refractivity (Wildman–Crippen MR) is 145 cm³/mol. The fourth-order valence-electron chi connectivity index (χ4n) is 5.47. The van der Waals surface area contributed by atoms with Gasteiger partial charge in [-0.15, -0.1) is 0 Å².